The van der Waals surface area contributed by atoms with E-state index in [9.17, 15) is 9.18 Å². The first-order valence-electron chi connectivity index (χ1n) is 6.97. The molecule has 0 radical (unpaired) electrons. The fourth-order valence-corrected chi connectivity index (χ4v) is 2.07. The van der Waals surface area contributed by atoms with E-state index in [2.05, 4.69) is 5.32 Å². The third kappa shape index (κ3) is 5.00. The third-order valence-electron chi connectivity index (χ3n) is 3.26. The summed E-state index contributed by atoms with van der Waals surface area (Å²) in [7, 11) is 0. The highest BCUT2D eigenvalue weighted by molar-refractivity contribution is 5.81. The lowest BCUT2D eigenvalue weighted by molar-refractivity contribution is -0.122. The van der Waals surface area contributed by atoms with Crippen molar-refractivity contribution in [3.8, 4) is 0 Å². The zero-order valence-electron chi connectivity index (χ0n) is 11.8. The van der Waals surface area contributed by atoms with Crippen molar-refractivity contribution >= 4 is 5.91 Å². The quantitative estimate of drug-likeness (QED) is 0.854. The van der Waals surface area contributed by atoms with E-state index in [1.54, 1.807) is 12.1 Å². The first kappa shape index (κ1) is 15.2. The number of amides is 1. The smallest absolute Gasteiger partial charge is 0.237 e. The van der Waals surface area contributed by atoms with E-state index in [1.807, 2.05) is 30.3 Å². The molecular formula is C17H19FN2O. The number of nitrogens with one attached hydrogen (secondary N) is 1. The molecule has 1 atom stereocenters. The number of carbonyl (C=O) groups excluding carboxylic acids is 1. The minimum atomic E-state index is -0.619. The predicted molar refractivity (Wildman–Crippen MR) is 81.2 cm³/mol. The Bertz CT molecular complexity index is 569. The summed E-state index contributed by atoms with van der Waals surface area (Å²) in [6, 6.07) is 15.3. The van der Waals surface area contributed by atoms with Crippen LogP contribution in [-0.2, 0) is 17.6 Å². The van der Waals surface area contributed by atoms with E-state index in [0.29, 0.717) is 13.0 Å². The summed E-state index contributed by atoms with van der Waals surface area (Å²) in [6.07, 6.45) is 1.17. The lowest BCUT2D eigenvalue weighted by Crippen LogP contribution is -2.42. The van der Waals surface area contributed by atoms with Gasteiger partial charge in [-0.25, -0.2) is 4.39 Å². The fraction of sp³-hybridized carbons (Fsp3) is 0.235. The molecule has 0 bridgehead atoms. The molecule has 0 fully saturated rings. The van der Waals surface area contributed by atoms with Crippen LogP contribution in [0.25, 0.3) is 0 Å². The third-order valence-corrected chi connectivity index (χ3v) is 3.26. The zero-order valence-corrected chi connectivity index (χ0v) is 11.8. The second kappa shape index (κ2) is 7.55. The Morgan fingerprint density at radius 2 is 1.71 bits per heavy atom. The Morgan fingerprint density at radius 1 is 1.05 bits per heavy atom. The highest BCUT2D eigenvalue weighted by Crippen LogP contribution is 2.05. The van der Waals surface area contributed by atoms with Gasteiger partial charge in [0.05, 0.1) is 6.04 Å². The molecule has 2 aromatic rings. The molecule has 0 spiro atoms. The lowest BCUT2D eigenvalue weighted by atomic mass is 10.1. The van der Waals surface area contributed by atoms with E-state index in [-0.39, 0.29) is 11.7 Å². The molecule has 3 nitrogen and oxygen atoms in total. The van der Waals surface area contributed by atoms with Crippen LogP contribution in [0, 0.1) is 5.82 Å². The highest BCUT2D eigenvalue weighted by Gasteiger charge is 2.13. The van der Waals surface area contributed by atoms with E-state index < -0.39 is 6.04 Å². The van der Waals surface area contributed by atoms with E-state index in [0.717, 1.165) is 12.0 Å². The van der Waals surface area contributed by atoms with Crippen LogP contribution >= 0.6 is 0 Å². The Labute approximate surface area is 124 Å². The maximum atomic E-state index is 12.8. The fourth-order valence-electron chi connectivity index (χ4n) is 2.07. The van der Waals surface area contributed by atoms with Gasteiger partial charge in [-0.3, -0.25) is 4.79 Å². The second-order valence-corrected chi connectivity index (χ2v) is 4.96. The van der Waals surface area contributed by atoms with Crippen LogP contribution in [0.1, 0.15) is 11.1 Å². The van der Waals surface area contributed by atoms with Crippen molar-refractivity contribution in [1.82, 2.24) is 5.32 Å². The van der Waals surface area contributed by atoms with Crippen LogP contribution in [0.5, 0.6) is 0 Å². The molecule has 4 heteroatoms. The molecule has 2 aromatic carbocycles. The topological polar surface area (TPSA) is 55.1 Å². The van der Waals surface area contributed by atoms with Gasteiger partial charge in [0, 0.05) is 6.54 Å². The maximum absolute atomic E-state index is 12.8. The summed E-state index contributed by atoms with van der Waals surface area (Å²) < 4.78 is 12.8. The Kier molecular flexibility index (Phi) is 5.46. The average molecular weight is 286 g/mol. The number of benzene rings is 2. The molecule has 0 aliphatic rings. The number of halogens is 1. The molecular weight excluding hydrogens is 267 g/mol. The molecule has 21 heavy (non-hydrogen) atoms. The first-order chi connectivity index (χ1) is 10.1. The molecule has 0 aromatic heterocycles. The Balaban J connectivity index is 1.76. The van der Waals surface area contributed by atoms with Crippen LogP contribution in [0.2, 0.25) is 0 Å². The van der Waals surface area contributed by atoms with Crippen LogP contribution in [0.4, 0.5) is 4.39 Å². The van der Waals surface area contributed by atoms with Gasteiger partial charge in [-0.05, 0) is 36.1 Å². The van der Waals surface area contributed by atoms with Gasteiger partial charge in [0.1, 0.15) is 5.82 Å². The number of nitrogens with two attached hydrogens (primary N) is 1. The molecule has 0 saturated carbocycles. The van der Waals surface area contributed by atoms with Crippen molar-refractivity contribution in [3.05, 3.63) is 71.5 Å². The van der Waals surface area contributed by atoms with Gasteiger partial charge in [-0.2, -0.15) is 0 Å². The summed E-state index contributed by atoms with van der Waals surface area (Å²) in [4.78, 5) is 11.9. The molecule has 0 aliphatic carbocycles. The van der Waals surface area contributed by atoms with Gasteiger partial charge in [0.15, 0.2) is 0 Å². The minimum Gasteiger partial charge on any atom is -0.354 e. The van der Waals surface area contributed by atoms with Crippen LogP contribution in [0.3, 0.4) is 0 Å². The van der Waals surface area contributed by atoms with Gasteiger partial charge in [0.25, 0.3) is 0 Å². The molecule has 110 valence electrons. The normalized spacial score (nSPS) is 11.9. The number of hydrogen-bond acceptors (Lipinski definition) is 2. The van der Waals surface area contributed by atoms with Crippen molar-refractivity contribution in [2.75, 3.05) is 6.54 Å². The molecule has 2 rings (SSSR count). The number of rotatable bonds is 6. The molecule has 0 aliphatic heterocycles. The molecule has 3 N–H and O–H groups in total. The van der Waals surface area contributed by atoms with Gasteiger partial charge < -0.3 is 11.1 Å². The summed E-state index contributed by atoms with van der Waals surface area (Å²) in [6.45, 7) is 0.556. The predicted octanol–water partition coefficient (Wildman–Crippen LogP) is 2.05. The van der Waals surface area contributed by atoms with Gasteiger partial charge in [0.2, 0.25) is 5.91 Å². The van der Waals surface area contributed by atoms with Crippen molar-refractivity contribution in [3.63, 3.8) is 0 Å². The number of carbonyl (C=O) groups is 1. The molecule has 1 unspecified atom stereocenters. The van der Waals surface area contributed by atoms with Gasteiger partial charge in [-0.15, -0.1) is 0 Å². The van der Waals surface area contributed by atoms with Gasteiger partial charge in [-0.1, -0.05) is 42.5 Å². The SMILES string of the molecule is NC(Cc1ccc(F)cc1)C(=O)NCCc1ccccc1. The van der Waals surface area contributed by atoms with E-state index in [1.165, 1.54) is 17.7 Å². The van der Waals surface area contributed by atoms with Crippen LogP contribution < -0.4 is 11.1 Å². The Morgan fingerprint density at radius 3 is 2.38 bits per heavy atom. The first-order valence-corrected chi connectivity index (χ1v) is 6.97. The van der Waals surface area contributed by atoms with E-state index in [4.69, 9.17) is 5.73 Å². The van der Waals surface area contributed by atoms with Crippen molar-refractivity contribution in [1.29, 1.82) is 0 Å². The number of hydrogen-bond donors (Lipinski definition) is 2. The summed E-state index contributed by atoms with van der Waals surface area (Å²) >= 11 is 0. The van der Waals surface area contributed by atoms with Crippen molar-refractivity contribution in [2.24, 2.45) is 5.73 Å². The van der Waals surface area contributed by atoms with Crippen LogP contribution in [0.15, 0.2) is 54.6 Å². The molecule has 0 saturated heterocycles. The lowest BCUT2D eigenvalue weighted by Gasteiger charge is -2.12. The highest BCUT2D eigenvalue weighted by atomic mass is 19.1. The van der Waals surface area contributed by atoms with E-state index >= 15 is 0 Å². The van der Waals surface area contributed by atoms with Crippen molar-refractivity contribution < 1.29 is 9.18 Å². The summed E-state index contributed by atoms with van der Waals surface area (Å²) in [5.74, 6) is -0.477. The average Bonchev–Trinajstić information content (AvgIpc) is 2.50. The monoisotopic (exact) mass is 286 g/mol. The molecule has 0 heterocycles. The van der Waals surface area contributed by atoms with Gasteiger partial charge >= 0.3 is 0 Å². The Hall–Kier alpha value is -2.20. The standard InChI is InChI=1S/C17H19FN2O/c18-15-8-6-14(7-9-15)12-16(19)17(21)20-11-10-13-4-2-1-3-5-13/h1-9,16H,10-12,19H2,(H,20,21). The molecule has 1 amide bonds. The maximum Gasteiger partial charge on any atom is 0.237 e. The minimum absolute atomic E-state index is 0.185. The zero-order chi connectivity index (χ0) is 15.1. The van der Waals surface area contributed by atoms with Crippen molar-refractivity contribution in [2.45, 2.75) is 18.9 Å². The summed E-state index contributed by atoms with van der Waals surface area (Å²) in [5.41, 5.74) is 7.88. The largest absolute Gasteiger partial charge is 0.354 e. The van der Waals surface area contributed by atoms with Crippen LogP contribution in [-0.4, -0.2) is 18.5 Å². The second-order valence-electron chi connectivity index (χ2n) is 4.96. The summed E-state index contributed by atoms with van der Waals surface area (Å²) in [5, 5.41) is 2.82.